The van der Waals surface area contributed by atoms with Gasteiger partial charge in [-0.1, -0.05) is 24.3 Å². The molecule has 0 saturated heterocycles. The molecule has 0 saturated carbocycles. The predicted octanol–water partition coefficient (Wildman–Crippen LogP) is 5.37. The Balaban J connectivity index is 2.09. The lowest BCUT2D eigenvalue weighted by Crippen LogP contribution is -1.87. The summed E-state index contributed by atoms with van der Waals surface area (Å²) < 4.78 is 27.2. The van der Waals surface area contributed by atoms with Crippen LogP contribution in [-0.2, 0) is 0 Å². The average molecular weight is 301 g/mol. The topological polar surface area (TPSA) is 12.9 Å². The second-order valence-electron chi connectivity index (χ2n) is 4.88. The maximum atomic E-state index is 14.2. The van der Waals surface area contributed by atoms with Crippen LogP contribution < -0.4 is 0 Å². The van der Waals surface area contributed by atoms with Crippen molar-refractivity contribution in [3.05, 3.63) is 65.4 Å². The monoisotopic (exact) mass is 301 g/mol. The molecule has 4 heteroatoms. The van der Waals surface area contributed by atoms with Gasteiger partial charge in [0.05, 0.1) is 10.6 Å². The third kappa shape index (κ3) is 2.59. The molecule has 1 heterocycles. The molecule has 0 radical (unpaired) electrons. The zero-order valence-electron chi connectivity index (χ0n) is 11.7. The van der Waals surface area contributed by atoms with Gasteiger partial charge >= 0.3 is 0 Å². The maximum Gasteiger partial charge on any atom is 0.136 e. The van der Waals surface area contributed by atoms with Crippen LogP contribution in [0.25, 0.3) is 21.0 Å². The molecule has 3 aromatic rings. The molecule has 0 N–H and O–H groups in total. The largest absolute Gasteiger partial charge is 0.241 e. The Morgan fingerprint density at radius 1 is 0.952 bits per heavy atom. The summed E-state index contributed by atoms with van der Waals surface area (Å²) in [6.07, 6.45) is 0. The minimum atomic E-state index is -0.272. The summed E-state index contributed by atoms with van der Waals surface area (Å²) in [5.74, 6) is -0.511. The van der Waals surface area contributed by atoms with Gasteiger partial charge in [-0.3, -0.25) is 0 Å². The molecule has 0 aliphatic rings. The van der Waals surface area contributed by atoms with Crippen molar-refractivity contribution < 1.29 is 8.78 Å². The van der Waals surface area contributed by atoms with Gasteiger partial charge in [0.25, 0.3) is 0 Å². The molecule has 1 nitrogen and oxygen atoms in total. The van der Waals surface area contributed by atoms with E-state index in [1.807, 2.05) is 13.0 Å². The summed E-state index contributed by atoms with van der Waals surface area (Å²) in [5, 5.41) is 0.646. The summed E-state index contributed by atoms with van der Waals surface area (Å²) in [5.41, 5.74) is 2.83. The van der Waals surface area contributed by atoms with E-state index >= 15 is 0 Å². The lowest BCUT2D eigenvalue weighted by atomic mass is 10.1. The van der Waals surface area contributed by atoms with E-state index < -0.39 is 0 Å². The smallest absolute Gasteiger partial charge is 0.136 e. The number of nitrogens with zero attached hydrogens (tertiary/aromatic N) is 1. The summed E-state index contributed by atoms with van der Waals surface area (Å²) in [7, 11) is 0. The molecular formula is C17H13F2NS. The Morgan fingerprint density at radius 2 is 1.67 bits per heavy atom. The van der Waals surface area contributed by atoms with Crippen molar-refractivity contribution >= 4 is 11.3 Å². The van der Waals surface area contributed by atoms with Crippen molar-refractivity contribution in [3.8, 4) is 21.0 Å². The van der Waals surface area contributed by atoms with Crippen LogP contribution in [0.2, 0.25) is 0 Å². The van der Waals surface area contributed by atoms with Crippen LogP contribution in [0.15, 0.2) is 42.5 Å². The molecule has 1 aromatic heterocycles. The predicted molar refractivity (Wildman–Crippen MR) is 82.4 cm³/mol. The highest BCUT2D eigenvalue weighted by atomic mass is 32.1. The van der Waals surface area contributed by atoms with Gasteiger partial charge in [-0.25, -0.2) is 13.8 Å². The quantitative estimate of drug-likeness (QED) is 0.620. The van der Waals surface area contributed by atoms with Crippen molar-refractivity contribution in [1.82, 2.24) is 4.98 Å². The van der Waals surface area contributed by atoms with Crippen molar-refractivity contribution in [2.45, 2.75) is 13.8 Å². The summed E-state index contributed by atoms with van der Waals surface area (Å²) in [6, 6.07) is 11.6. The number of thiazole rings is 1. The van der Waals surface area contributed by atoms with E-state index in [1.165, 1.54) is 23.5 Å². The molecule has 0 fully saturated rings. The number of aromatic nitrogens is 1. The second kappa shape index (κ2) is 5.37. The lowest BCUT2D eigenvalue weighted by molar-refractivity contribution is 0.622. The fourth-order valence-electron chi connectivity index (χ4n) is 2.19. The van der Waals surface area contributed by atoms with Crippen molar-refractivity contribution in [2.24, 2.45) is 0 Å². The molecule has 0 atom stereocenters. The molecule has 21 heavy (non-hydrogen) atoms. The van der Waals surface area contributed by atoms with Gasteiger partial charge < -0.3 is 0 Å². The lowest BCUT2D eigenvalue weighted by Gasteiger charge is -2.01. The summed E-state index contributed by atoms with van der Waals surface area (Å²) >= 11 is 1.42. The third-order valence-electron chi connectivity index (χ3n) is 3.33. The van der Waals surface area contributed by atoms with Crippen LogP contribution >= 0.6 is 11.3 Å². The van der Waals surface area contributed by atoms with Crippen molar-refractivity contribution in [3.63, 3.8) is 0 Å². The minimum Gasteiger partial charge on any atom is -0.241 e. The molecule has 106 valence electrons. The van der Waals surface area contributed by atoms with E-state index in [2.05, 4.69) is 4.98 Å². The number of hydrogen-bond acceptors (Lipinski definition) is 2. The number of benzene rings is 2. The zero-order valence-corrected chi connectivity index (χ0v) is 12.5. The second-order valence-corrected chi connectivity index (χ2v) is 5.88. The van der Waals surface area contributed by atoms with Gasteiger partial charge in [0, 0.05) is 5.56 Å². The number of halogens is 2. The maximum absolute atomic E-state index is 14.2. The third-order valence-corrected chi connectivity index (χ3v) is 4.56. The van der Waals surface area contributed by atoms with Gasteiger partial charge in [0.1, 0.15) is 16.6 Å². The van der Waals surface area contributed by atoms with E-state index in [0.29, 0.717) is 16.1 Å². The first-order valence-corrected chi connectivity index (χ1v) is 7.37. The van der Waals surface area contributed by atoms with Crippen molar-refractivity contribution in [2.75, 3.05) is 0 Å². The molecule has 3 rings (SSSR count). The Labute approximate surface area is 125 Å². The fraction of sp³-hybridized carbons (Fsp3) is 0.118. The Kier molecular flexibility index (Phi) is 3.55. The summed E-state index contributed by atoms with van der Waals surface area (Å²) in [4.78, 5) is 5.40. The Morgan fingerprint density at radius 3 is 2.38 bits per heavy atom. The van der Waals surface area contributed by atoms with Crippen LogP contribution in [0, 0.1) is 25.5 Å². The van der Waals surface area contributed by atoms with Crippen LogP contribution in [0.5, 0.6) is 0 Å². The normalized spacial score (nSPS) is 10.9. The van der Waals surface area contributed by atoms with E-state index in [0.717, 1.165) is 16.1 Å². The standard InChI is InChI=1S/C17H13F2NS/c1-10-4-3-5-14(15(10)19)17-20-11(2)16(21-17)12-6-8-13(18)9-7-12/h3-9H,1-2H3. The first kappa shape index (κ1) is 13.9. The minimum absolute atomic E-state index is 0.239. The van der Waals surface area contributed by atoms with Crippen molar-refractivity contribution in [1.29, 1.82) is 0 Å². The molecule has 2 aromatic carbocycles. The average Bonchev–Trinajstić information content (AvgIpc) is 2.84. The fourth-order valence-corrected chi connectivity index (χ4v) is 3.28. The van der Waals surface area contributed by atoms with Crippen LogP contribution in [-0.4, -0.2) is 4.98 Å². The summed E-state index contributed by atoms with van der Waals surface area (Å²) in [6.45, 7) is 3.62. The first-order chi connectivity index (χ1) is 10.1. The van der Waals surface area contributed by atoms with E-state index in [4.69, 9.17) is 0 Å². The van der Waals surface area contributed by atoms with E-state index in [1.54, 1.807) is 31.2 Å². The highest BCUT2D eigenvalue weighted by Gasteiger charge is 2.15. The van der Waals surface area contributed by atoms with Crippen LogP contribution in [0.4, 0.5) is 8.78 Å². The van der Waals surface area contributed by atoms with Crippen LogP contribution in [0.1, 0.15) is 11.3 Å². The molecule has 0 aliphatic carbocycles. The Bertz CT molecular complexity index is 791. The van der Waals surface area contributed by atoms with Crippen LogP contribution in [0.3, 0.4) is 0 Å². The van der Waals surface area contributed by atoms with Gasteiger partial charge in [0.2, 0.25) is 0 Å². The number of aryl methyl sites for hydroxylation is 2. The van der Waals surface area contributed by atoms with Gasteiger partial charge in [0.15, 0.2) is 0 Å². The molecule has 0 spiro atoms. The number of rotatable bonds is 2. The number of hydrogen-bond donors (Lipinski definition) is 0. The zero-order chi connectivity index (χ0) is 15.0. The molecule has 0 aliphatic heterocycles. The van der Waals surface area contributed by atoms with E-state index in [-0.39, 0.29) is 11.6 Å². The Hall–Kier alpha value is -2.07. The van der Waals surface area contributed by atoms with Gasteiger partial charge in [-0.2, -0.15) is 0 Å². The van der Waals surface area contributed by atoms with Gasteiger partial charge in [-0.15, -0.1) is 11.3 Å². The first-order valence-electron chi connectivity index (χ1n) is 6.55. The molecule has 0 amide bonds. The van der Waals surface area contributed by atoms with Gasteiger partial charge in [-0.05, 0) is 43.2 Å². The molecular weight excluding hydrogens is 288 g/mol. The highest BCUT2D eigenvalue weighted by Crippen LogP contribution is 2.36. The van der Waals surface area contributed by atoms with E-state index in [9.17, 15) is 8.78 Å². The molecule has 0 unspecified atom stereocenters. The SMILES string of the molecule is Cc1cccc(-c2nc(C)c(-c3ccc(F)cc3)s2)c1F. The molecule has 0 bridgehead atoms. The highest BCUT2D eigenvalue weighted by molar-refractivity contribution is 7.18.